The van der Waals surface area contributed by atoms with E-state index in [4.69, 9.17) is 0 Å². The maximum atomic E-state index is 9.43. The molecule has 1 aliphatic heterocycles. The van der Waals surface area contributed by atoms with Crippen molar-refractivity contribution in [2.75, 3.05) is 18.2 Å². The molecule has 1 saturated heterocycles. The fourth-order valence-corrected chi connectivity index (χ4v) is 1.99. The highest BCUT2D eigenvalue weighted by Crippen LogP contribution is 2.20. The van der Waals surface area contributed by atoms with Gasteiger partial charge in [-0.3, -0.25) is 4.90 Å². The number of nitrogens with zero attached hydrogens (tertiary/aromatic N) is 1. The molecule has 1 aliphatic rings. The summed E-state index contributed by atoms with van der Waals surface area (Å²) in [5, 5.41) is 9.43. The van der Waals surface area contributed by atoms with E-state index in [2.05, 4.69) is 4.90 Å². The lowest BCUT2D eigenvalue weighted by Gasteiger charge is -2.28. The fraction of sp³-hybridized carbons (Fsp3) is 1.00. The number of rotatable bonds is 1. The zero-order valence-electron chi connectivity index (χ0n) is 7.92. The van der Waals surface area contributed by atoms with Crippen LogP contribution in [-0.4, -0.2) is 33.9 Å². The topological polar surface area (TPSA) is 23.5 Å². The Hall–Kier alpha value is 0.270. The summed E-state index contributed by atoms with van der Waals surface area (Å²) in [5.41, 5.74) is -0.608. The van der Waals surface area contributed by atoms with E-state index in [0.717, 1.165) is 18.2 Å². The van der Waals surface area contributed by atoms with Crippen molar-refractivity contribution >= 4 is 11.8 Å². The first-order valence-electron chi connectivity index (χ1n) is 4.16. The van der Waals surface area contributed by atoms with Crippen LogP contribution in [0.5, 0.6) is 0 Å². The molecule has 0 aromatic rings. The Balaban J connectivity index is 0.000000461. The van der Waals surface area contributed by atoms with Gasteiger partial charge in [0.15, 0.2) is 0 Å². The van der Waals surface area contributed by atoms with Crippen LogP contribution in [0, 0.1) is 0 Å². The lowest BCUT2D eigenvalue weighted by atomic mass is 10.3. The Kier molecular flexibility index (Phi) is 5.13. The van der Waals surface area contributed by atoms with Gasteiger partial charge in [-0.05, 0) is 13.8 Å². The molecular formula is C8H19NOS. The summed E-state index contributed by atoms with van der Waals surface area (Å²) in [6, 6.07) is 0. The second kappa shape index (κ2) is 5.01. The third-order valence-electron chi connectivity index (χ3n) is 1.53. The lowest BCUT2D eigenvalue weighted by Crippen LogP contribution is -2.41. The van der Waals surface area contributed by atoms with Gasteiger partial charge < -0.3 is 5.11 Å². The Bertz CT molecular complexity index is 94.8. The van der Waals surface area contributed by atoms with Crippen molar-refractivity contribution in [3.63, 3.8) is 0 Å². The van der Waals surface area contributed by atoms with Crippen molar-refractivity contribution in [3.8, 4) is 0 Å². The van der Waals surface area contributed by atoms with Gasteiger partial charge in [0.05, 0.1) is 0 Å². The molecule has 1 rings (SSSR count). The maximum Gasteiger partial charge on any atom is 0.113 e. The van der Waals surface area contributed by atoms with Crippen LogP contribution in [0.15, 0.2) is 0 Å². The summed E-state index contributed by atoms with van der Waals surface area (Å²) in [6.45, 7) is 8.69. The molecular weight excluding hydrogens is 158 g/mol. The van der Waals surface area contributed by atoms with E-state index in [1.807, 2.05) is 39.5 Å². The lowest BCUT2D eigenvalue weighted by molar-refractivity contribution is -0.0602. The largest absolute Gasteiger partial charge is 0.376 e. The fourth-order valence-electron chi connectivity index (χ4n) is 0.846. The Morgan fingerprint density at radius 3 is 2.09 bits per heavy atom. The van der Waals surface area contributed by atoms with E-state index in [9.17, 15) is 5.11 Å². The predicted molar refractivity (Wildman–Crippen MR) is 51.7 cm³/mol. The van der Waals surface area contributed by atoms with Crippen molar-refractivity contribution in [3.05, 3.63) is 0 Å². The summed E-state index contributed by atoms with van der Waals surface area (Å²) in [6.07, 6.45) is 0. The minimum absolute atomic E-state index is 0.608. The van der Waals surface area contributed by atoms with Crippen LogP contribution in [0.1, 0.15) is 27.7 Å². The molecule has 0 atom stereocenters. The Morgan fingerprint density at radius 2 is 1.91 bits per heavy atom. The van der Waals surface area contributed by atoms with Gasteiger partial charge in [0.1, 0.15) is 5.72 Å². The van der Waals surface area contributed by atoms with Crippen LogP contribution in [0.2, 0.25) is 0 Å². The van der Waals surface area contributed by atoms with Crippen LogP contribution in [0.25, 0.3) is 0 Å². The Morgan fingerprint density at radius 1 is 1.36 bits per heavy atom. The van der Waals surface area contributed by atoms with Crippen LogP contribution in [0.3, 0.4) is 0 Å². The molecule has 0 aliphatic carbocycles. The molecule has 0 unspecified atom stereocenters. The third-order valence-corrected chi connectivity index (χ3v) is 2.49. The van der Waals surface area contributed by atoms with Gasteiger partial charge in [-0.25, -0.2) is 0 Å². The molecule has 1 fully saturated rings. The van der Waals surface area contributed by atoms with Crippen molar-refractivity contribution in [2.24, 2.45) is 0 Å². The average molecular weight is 177 g/mol. The zero-order chi connectivity index (χ0) is 8.91. The highest BCUT2D eigenvalue weighted by atomic mass is 32.2. The number of aliphatic hydroxyl groups is 1. The molecule has 0 aromatic heterocycles. The highest BCUT2D eigenvalue weighted by molar-refractivity contribution is 7.99. The summed E-state index contributed by atoms with van der Waals surface area (Å²) < 4.78 is 0. The minimum Gasteiger partial charge on any atom is -0.376 e. The highest BCUT2D eigenvalue weighted by Gasteiger charge is 2.25. The average Bonchev–Trinajstić information content (AvgIpc) is 2.40. The van der Waals surface area contributed by atoms with Crippen molar-refractivity contribution < 1.29 is 5.11 Å². The van der Waals surface area contributed by atoms with Gasteiger partial charge >= 0.3 is 0 Å². The van der Waals surface area contributed by atoms with Gasteiger partial charge in [-0.1, -0.05) is 13.8 Å². The monoisotopic (exact) mass is 177 g/mol. The van der Waals surface area contributed by atoms with Crippen LogP contribution in [0.4, 0.5) is 0 Å². The van der Waals surface area contributed by atoms with E-state index < -0.39 is 5.72 Å². The van der Waals surface area contributed by atoms with Crippen LogP contribution in [-0.2, 0) is 0 Å². The second-order valence-corrected chi connectivity index (χ2v) is 3.87. The summed E-state index contributed by atoms with van der Waals surface area (Å²) in [7, 11) is 0. The van der Waals surface area contributed by atoms with E-state index in [0.29, 0.717) is 0 Å². The van der Waals surface area contributed by atoms with Crippen LogP contribution < -0.4 is 0 Å². The van der Waals surface area contributed by atoms with Crippen molar-refractivity contribution in [1.29, 1.82) is 0 Å². The normalized spacial score (nSPS) is 19.4. The standard InChI is InChI=1S/C6H13NOS.C2H6/c1-6(2,8)7-3-4-9-5-7;1-2/h8H,3-5H2,1-2H3;1-2H3. The second-order valence-electron chi connectivity index (χ2n) is 2.80. The third kappa shape index (κ3) is 3.99. The maximum absolute atomic E-state index is 9.43. The van der Waals surface area contributed by atoms with E-state index in [1.54, 1.807) is 0 Å². The molecule has 1 heterocycles. The van der Waals surface area contributed by atoms with Crippen LogP contribution >= 0.6 is 11.8 Å². The molecule has 2 nitrogen and oxygen atoms in total. The number of hydrogen-bond donors (Lipinski definition) is 1. The van der Waals surface area contributed by atoms with Gasteiger partial charge in [0.2, 0.25) is 0 Å². The number of thioether (sulfide) groups is 1. The quantitative estimate of drug-likeness (QED) is 0.660. The first-order valence-corrected chi connectivity index (χ1v) is 5.31. The molecule has 0 spiro atoms. The summed E-state index contributed by atoms with van der Waals surface area (Å²) in [4.78, 5) is 2.07. The molecule has 0 aromatic carbocycles. The smallest absolute Gasteiger partial charge is 0.113 e. The predicted octanol–water partition coefficient (Wildman–Crippen LogP) is 1.75. The molecule has 3 heteroatoms. The molecule has 68 valence electrons. The van der Waals surface area contributed by atoms with Crippen molar-refractivity contribution in [1.82, 2.24) is 4.90 Å². The zero-order valence-corrected chi connectivity index (χ0v) is 8.74. The van der Waals surface area contributed by atoms with E-state index in [1.165, 1.54) is 0 Å². The van der Waals surface area contributed by atoms with Crippen molar-refractivity contribution in [2.45, 2.75) is 33.4 Å². The molecule has 0 radical (unpaired) electrons. The molecule has 0 bridgehead atoms. The van der Waals surface area contributed by atoms with Gasteiger partial charge in [0, 0.05) is 18.2 Å². The molecule has 1 N–H and O–H groups in total. The first-order chi connectivity index (χ1) is 5.11. The number of hydrogen-bond acceptors (Lipinski definition) is 3. The van der Waals surface area contributed by atoms with Gasteiger partial charge in [-0.15, -0.1) is 11.8 Å². The van der Waals surface area contributed by atoms with E-state index in [-0.39, 0.29) is 0 Å². The summed E-state index contributed by atoms with van der Waals surface area (Å²) >= 11 is 1.87. The SMILES string of the molecule is CC.CC(C)(O)N1CCSC1. The van der Waals surface area contributed by atoms with Gasteiger partial charge in [-0.2, -0.15) is 0 Å². The first kappa shape index (κ1) is 11.3. The molecule has 0 saturated carbocycles. The van der Waals surface area contributed by atoms with Gasteiger partial charge in [0.25, 0.3) is 0 Å². The summed E-state index contributed by atoms with van der Waals surface area (Å²) in [5.74, 6) is 2.13. The molecule has 0 amide bonds. The van der Waals surface area contributed by atoms with E-state index >= 15 is 0 Å². The molecule has 11 heavy (non-hydrogen) atoms. The Labute approximate surface area is 74.0 Å². The minimum atomic E-state index is -0.608.